The summed E-state index contributed by atoms with van der Waals surface area (Å²) < 4.78 is 39.0. The van der Waals surface area contributed by atoms with Gasteiger partial charge in [-0.25, -0.2) is 13.2 Å². The van der Waals surface area contributed by atoms with Crippen LogP contribution in [0.15, 0.2) is 17.1 Å². The van der Waals surface area contributed by atoms with E-state index in [1.54, 1.807) is 0 Å². The maximum atomic E-state index is 13.1. The molecule has 0 fully saturated rings. The van der Waals surface area contributed by atoms with Gasteiger partial charge in [0.15, 0.2) is 22.6 Å². The van der Waals surface area contributed by atoms with Gasteiger partial charge in [-0.1, -0.05) is 25.6 Å². The van der Waals surface area contributed by atoms with Crippen LogP contribution >= 0.6 is 11.8 Å². The second-order valence-corrected chi connectivity index (χ2v) is 5.85. The van der Waals surface area contributed by atoms with Crippen molar-refractivity contribution in [3.8, 4) is 0 Å². The van der Waals surface area contributed by atoms with Crippen molar-refractivity contribution in [3.63, 3.8) is 0 Å². The Balaban J connectivity index is 2.17. The molecule has 1 aliphatic rings. The number of rotatable bonds is 2. The highest BCUT2D eigenvalue weighted by molar-refractivity contribution is 8.14. The number of thioether (sulfide) groups is 1. The van der Waals surface area contributed by atoms with E-state index in [0.29, 0.717) is 11.1 Å². The summed E-state index contributed by atoms with van der Waals surface area (Å²) in [6.07, 6.45) is 0.986. The van der Waals surface area contributed by atoms with E-state index in [4.69, 9.17) is 0 Å². The predicted octanol–water partition coefficient (Wildman–Crippen LogP) is 4.03. The Labute approximate surface area is 114 Å². The molecule has 0 bridgehead atoms. The first kappa shape index (κ1) is 14.2. The van der Waals surface area contributed by atoms with Crippen LogP contribution < -0.4 is 5.32 Å². The molecular weight excluding hydrogens is 273 g/mol. The van der Waals surface area contributed by atoms with Crippen molar-refractivity contribution in [2.45, 2.75) is 26.3 Å². The van der Waals surface area contributed by atoms with E-state index in [2.05, 4.69) is 24.2 Å². The number of nitrogens with one attached hydrogen (secondary N) is 1. The van der Waals surface area contributed by atoms with Gasteiger partial charge in [-0.15, -0.1) is 0 Å². The molecule has 0 saturated carbocycles. The van der Waals surface area contributed by atoms with Crippen molar-refractivity contribution >= 4 is 22.6 Å². The monoisotopic (exact) mass is 288 g/mol. The maximum Gasteiger partial charge on any atom is 0.194 e. The molecule has 1 aromatic carbocycles. The summed E-state index contributed by atoms with van der Waals surface area (Å²) in [5, 5.41) is 3.46. The lowest BCUT2D eigenvalue weighted by Gasteiger charge is -2.23. The number of hydrogen-bond acceptors (Lipinski definition) is 3. The minimum atomic E-state index is -1.45. The van der Waals surface area contributed by atoms with Gasteiger partial charge in [0.1, 0.15) is 0 Å². The van der Waals surface area contributed by atoms with Crippen LogP contribution in [0.3, 0.4) is 0 Å². The van der Waals surface area contributed by atoms with E-state index in [9.17, 15) is 13.2 Å². The third-order valence-corrected chi connectivity index (χ3v) is 3.86. The molecule has 0 aromatic heterocycles. The molecule has 1 atom stereocenters. The van der Waals surface area contributed by atoms with Crippen molar-refractivity contribution in [2.24, 2.45) is 10.9 Å². The number of amidine groups is 1. The van der Waals surface area contributed by atoms with Crippen LogP contribution in [0.5, 0.6) is 0 Å². The lowest BCUT2D eigenvalue weighted by molar-refractivity contribution is 0.448. The van der Waals surface area contributed by atoms with Crippen LogP contribution in [0.4, 0.5) is 18.9 Å². The largest absolute Gasteiger partial charge is 0.335 e. The highest BCUT2D eigenvalue weighted by Crippen LogP contribution is 2.25. The quantitative estimate of drug-likeness (QED) is 0.831. The molecule has 0 radical (unpaired) electrons. The van der Waals surface area contributed by atoms with E-state index >= 15 is 0 Å². The first-order valence-corrected chi connectivity index (χ1v) is 7.08. The summed E-state index contributed by atoms with van der Waals surface area (Å²) in [4.78, 5) is 4.49. The molecule has 1 N–H and O–H groups in total. The van der Waals surface area contributed by atoms with Gasteiger partial charge in [-0.3, -0.25) is 4.99 Å². The van der Waals surface area contributed by atoms with Gasteiger partial charge in [0.25, 0.3) is 0 Å². The van der Waals surface area contributed by atoms with Crippen molar-refractivity contribution < 1.29 is 13.2 Å². The normalized spacial score (nSPS) is 19.5. The molecule has 104 valence electrons. The SMILES string of the molecule is CC(C)C1CCSC(Nc2cc(F)c(F)c(F)c2)=N1. The second-order valence-electron chi connectivity index (χ2n) is 4.76. The number of nitrogens with zero attached hydrogens (tertiary/aromatic N) is 1. The molecule has 2 nitrogen and oxygen atoms in total. The molecule has 6 heteroatoms. The van der Waals surface area contributed by atoms with Crippen LogP contribution in [0.25, 0.3) is 0 Å². The Hall–Kier alpha value is -1.17. The summed E-state index contributed by atoms with van der Waals surface area (Å²) >= 11 is 1.50. The van der Waals surface area contributed by atoms with Gasteiger partial charge < -0.3 is 5.32 Å². The fraction of sp³-hybridized carbons (Fsp3) is 0.462. The zero-order valence-corrected chi connectivity index (χ0v) is 11.5. The lowest BCUT2D eigenvalue weighted by Crippen LogP contribution is -2.24. The molecule has 0 amide bonds. The molecular formula is C13H15F3N2S. The topological polar surface area (TPSA) is 24.4 Å². The van der Waals surface area contributed by atoms with Gasteiger partial charge in [-0.2, -0.15) is 0 Å². The molecule has 1 aliphatic heterocycles. The molecule has 0 spiro atoms. The van der Waals surface area contributed by atoms with Gasteiger partial charge in [0.2, 0.25) is 0 Å². The van der Waals surface area contributed by atoms with Gasteiger partial charge in [-0.05, 0) is 12.3 Å². The van der Waals surface area contributed by atoms with E-state index in [1.165, 1.54) is 11.8 Å². The summed E-state index contributed by atoms with van der Waals surface area (Å²) in [7, 11) is 0. The van der Waals surface area contributed by atoms with E-state index < -0.39 is 17.5 Å². The predicted molar refractivity (Wildman–Crippen MR) is 73.1 cm³/mol. The molecule has 2 rings (SSSR count). The molecule has 19 heavy (non-hydrogen) atoms. The fourth-order valence-corrected chi connectivity index (χ4v) is 2.78. The smallest absolute Gasteiger partial charge is 0.194 e. The Morgan fingerprint density at radius 3 is 2.47 bits per heavy atom. The van der Waals surface area contributed by atoms with Crippen LogP contribution in [0.2, 0.25) is 0 Å². The number of benzene rings is 1. The molecule has 0 saturated heterocycles. The fourth-order valence-electron chi connectivity index (χ4n) is 1.83. The average Bonchev–Trinajstić information content (AvgIpc) is 2.36. The number of halogens is 3. The molecule has 0 aliphatic carbocycles. The summed E-state index contributed by atoms with van der Waals surface area (Å²) in [5.74, 6) is -2.54. The number of aliphatic imine (C=N–C) groups is 1. The van der Waals surface area contributed by atoms with Gasteiger partial charge in [0, 0.05) is 23.6 Å². The van der Waals surface area contributed by atoms with Crippen LogP contribution in [0, 0.1) is 23.4 Å². The van der Waals surface area contributed by atoms with E-state index in [1.807, 2.05) is 0 Å². The Kier molecular flexibility index (Phi) is 4.39. The minimum absolute atomic E-state index is 0.173. The zero-order chi connectivity index (χ0) is 14.0. The van der Waals surface area contributed by atoms with Crippen molar-refractivity contribution in [1.82, 2.24) is 0 Å². The Bertz CT molecular complexity index is 480. The average molecular weight is 288 g/mol. The summed E-state index contributed by atoms with van der Waals surface area (Å²) in [5.41, 5.74) is 0.173. The summed E-state index contributed by atoms with van der Waals surface area (Å²) in [6, 6.07) is 2.07. The first-order chi connectivity index (χ1) is 8.97. The standard InChI is InChI=1S/C13H15F3N2S/c1-7(2)11-3-4-19-13(18-11)17-8-5-9(14)12(16)10(15)6-8/h5-7,11H,3-4H2,1-2H3,(H,17,18). The molecule has 1 unspecified atom stereocenters. The minimum Gasteiger partial charge on any atom is -0.335 e. The van der Waals surface area contributed by atoms with Gasteiger partial charge >= 0.3 is 0 Å². The third-order valence-electron chi connectivity index (χ3n) is 2.94. The van der Waals surface area contributed by atoms with E-state index in [0.717, 1.165) is 24.3 Å². The molecule has 1 aromatic rings. The second kappa shape index (κ2) is 5.86. The van der Waals surface area contributed by atoms with Crippen LogP contribution in [-0.2, 0) is 0 Å². The Morgan fingerprint density at radius 1 is 1.26 bits per heavy atom. The first-order valence-electron chi connectivity index (χ1n) is 6.09. The number of hydrogen-bond donors (Lipinski definition) is 1. The van der Waals surface area contributed by atoms with Crippen LogP contribution in [-0.4, -0.2) is 17.0 Å². The lowest BCUT2D eigenvalue weighted by atomic mass is 10.0. The van der Waals surface area contributed by atoms with Gasteiger partial charge in [0.05, 0.1) is 6.04 Å². The van der Waals surface area contributed by atoms with Crippen molar-refractivity contribution in [3.05, 3.63) is 29.6 Å². The Morgan fingerprint density at radius 2 is 1.89 bits per heavy atom. The zero-order valence-electron chi connectivity index (χ0n) is 10.7. The number of anilines is 1. The third kappa shape index (κ3) is 3.43. The van der Waals surface area contributed by atoms with Crippen LogP contribution in [0.1, 0.15) is 20.3 Å². The van der Waals surface area contributed by atoms with Crippen molar-refractivity contribution in [1.29, 1.82) is 0 Å². The highest BCUT2D eigenvalue weighted by atomic mass is 32.2. The van der Waals surface area contributed by atoms with Crippen molar-refractivity contribution in [2.75, 3.05) is 11.1 Å². The highest BCUT2D eigenvalue weighted by Gasteiger charge is 2.19. The molecule has 1 heterocycles. The van der Waals surface area contributed by atoms with E-state index in [-0.39, 0.29) is 11.7 Å². The summed E-state index contributed by atoms with van der Waals surface area (Å²) in [6.45, 7) is 4.16. The maximum absolute atomic E-state index is 13.1.